The lowest BCUT2D eigenvalue weighted by molar-refractivity contribution is -0.123. The van der Waals surface area contributed by atoms with Crippen LogP contribution in [-0.2, 0) is 4.79 Å². The molecule has 0 spiro atoms. The molecule has 1 aromatic rings. The Morgan fingerprint density at radius 3 is 2.86 bits per heavy atom. The molecular formula is C16H25N3O2. The molecule has 0 aromatic heterocycles. The topological polar surface area (TPSA) is 81.6 Å². The summed E-state index contributed by atoms with van der Waals surface area (Å²) in [5, 5.41) is 0. The van der Waals surface area contributed by atoms with Gasteiger partial charge in [0.05, 0.1) is 13.0 Å². The summed E-state index contributed by atoms with van der Waals surface area (Å²) in [6.45, 7) is 3.62. The quantitative estimate of drug-likeness (QED) is 0.856. The summed E-state index contributed by atoms with van der Waals surface area (Å²) in [6.07, 6.45) is 1.84. The van der Waals surface area contributed by atoms with Gasteiger partial charge in [-0.05, 0) is 44.0 Å². The molecule has 1 aliphatic heterocycles. The number of rotatable bonds is 5. The van der Waals surface area contributed by atoms with Gasteiger partial charge in [0, 0.05) is 18.6 Å². The Bertz CT molecular complexity index is 490. The van der Waals surface area contributed by atoms with Gasteiger partial charge in [-0.25, -0.2) is 0 Å². The Kier molecular flexibility index (Phi) is 5.20. The predicted molar refractivity (Wildman–Crippen MR) is 82.9 cm³/mol. The van der Waals surface area contributed by atoms with E-state index in [-0.39, 0.29) is 23.9 Å². The number of ether oxygens (including phenoxy) is 1. The molecule has 3 atom stereocenters. The fraction of sp³-hybridized carbons (Fsp3) is 0.562. The summed E-state index contributed by atoms with van der Waals surface area (Å²) in [6, 6.07) is 8.00. The number of hydrogen-bond donors (Lipinski definition) is 2. The van der Waals surface area contributed by atoms with Crippen molar-refractivity contribution in [3.8, 4) is 5.75 Å². The van der Waals surface area contributed by atoms with Crippen molar-refractivity contribution < 1.29 is 9.53 Å². The maximum atomic E-state index is 11.5. The zero-order valence-electron chi connectivity index (χ0n) is 12.8. The molecule has 116 valence electrons. The summed E-state index contributed by atoms with van der Waals surface area (Å²) in [7, 11) is 1.66. The average Bonchev–Trinajstić information content (AvgIpc) is 2.47. The average molecular weight is 291 g/mol. The number of likely N-dealkylation sites (tertiary alicyclic amines) is 1. The van der Waals surface area contributed by atoms with Gasteiger partial charge in [-0.3, -0.25) is 9.69 Å². The SMILES string of the molecule is COc1cccc(C(C(C)N)N2CCCC(C(N)=O)C2)c1. The number of hydrogen-bond acceptors (Lipinski definition) is 4. The third kappa shape index (κ3) is 3.74. The number of piperidine rings is 1. The minimum absolute atomic E-state index is 0.0382. The summed E-state index contributed by atoms with van der Waals surface area (Å²) in [5.41, 5.74) is 12.8. The van der Waals surface area contributed by atoms with Gasteiger partial charge in [-0.1, -0.05) is 12.1 Å². The van der Waals surface area contributed by atoms with E-state index in [1.807, 2.05) is 25.1 Å². The lowest BCUT2D eigenvalue weighted by Gasteiger charge is -2.39. The number of nitrogens with zero attached hydrogens (tertiary/aromatic N) is 1. The molecular weight excluding hydrogens is 266 g/mol. The zero-order chi connectivity index (χ0) is 15.4. The highest BCUT2D eigenvalue weighted by molar-refractivity contribution is 5.76. The molecule has 2 rings (SSSR count). The molecule has 1 aromatic carbocycles. The van der Waals surface area contributed by atoms with E-state index >= 15 is 0 Å². The van der Waals surface area contributed by atoms with Crippen LogP contribution in [0, 0.1) is 5.92 Å². The summed E-state index contributed by atoms with van der Waals surface area (Å²) >= 11 is 0. The van der Waals surface area contributed by atoms with Gasteiger partial charge in [0.2, 0.25) is 5.91 Å². The van der Waals surface area contributed by atoms with Gasteiger partial charge in [0.1, 0.15) is 5.75 Å². The first-order chi connectivity index (χ1) is 10.0. The van der Waals surface area contributed by atoms with Crippen LogP contribution in [0.5, 0.6) is 5.75 Å². The third-order valence-corrected chi connectivity index (χ3v) is 4.18. The van der Waals surface area contributed by atoms with Crippen LogP contribution in [0.25, 0.3) is 0 Å². The minimum Gasteiger partial charge on any atom is -0.497 e. The molecule has 3 unspecified atom stereocenters. The second-order valence-electron chi connectivity index (χ2n) is 5.82. The van der Waals surface area contributed by atoms with Crippen molar-refractivity contribution in [3.63, 3.8) is 0 Å². The highest BCUT2D eigenvalue weighted by Crippen LogP contribution is 2.30. The van der Waals surface area contributed by atoms with Crippen LogP contribution in [-0.4, -0.2) is 37.0 Å². The molecule has 0 bridgehead atoms. The molecule has 0 saturated carbocycles. The van der Waals surface area contributed by atoms with Crippen LogP contribution in [0.4, 0.5) is 0 Å². The van der Waals surface area contributed by atoms with Gasteiger partial charge >= 0.3 is 0 Å². The molecule has 1 heterocycles. The summed E-state index contributed by atoms with van der Waals surface area (Å²) in [5.74, 6) is 0.529. The standard InChI is InChI=1S/C16H25N3O2/c1-11(17)15(12-5-3-7-14(9-12)21-2)19-8-4-6-13(10-19)16(18)20/h3,5,7,9,11,13,15H,4,6,8,10,17H2,1-2H3,(H2,18,20). The molecule has 4 N–H and O–H groups in total. The van der Waals surface area contributed by atoms with Crippen LogP contribution in [0.15, 0.2) is 24.3 Å². The largest absolute Gasteiger partial charge is 0.497 e. The lowest BCUT2D eigenvalue weighted by atomic mass is 9.92. The fourth-order valence-electron chi connectivity index (χ4n) is 3.16. The van der Waals surface area contributed by atoms with E-state index in [2.05, 4.69) is 11.0 Å². The summed E-state index contributed by atoms with van der Waals surface area (Å²) in [4.78, 5) is 13.7. The van der Waals surface area contributed by atoms with Gasteiger partial charge in [-0.15, -0.1) is 0 Å². The van der Waals surface area contributed by atoms with E-state index in [0.717, 1.165) is 30.7 Å². The van der Waals surface area contributed by atoms with Crippen molar-refractivity contribution >= 4 is 5.91 Å². The molecule has 5 heteroatoms. The van der Waals surface area contributed by atoms with Crippen LogP contribution in [0.2, 0.25) is 0 Å². The Labute approximate surface area is 126 Å². The Hall–Kier alpha value is -1.59. The van der Waals surface area contributed by atoms with E-state index in [0.29, 0.717) is 6.54 Å². The molecule has 1 fully saturated rings. The van der Waals surface area contributed by atoms with Gasteiger partial charge < -0.3 is 16.2 Å². The number of primary amides is 1. The Morgan fingerprint density at radius 1 is 1.48 bits per heavy atom. The van der Waals surface area contributed by atoms with E-state index in [1.165, 1.54) is 0 Å². The van der Waals surface area contributed by atoms with E-state index in [4.69, 9.17) is 16.2 Å². The first kappa shape index (κ1) is 15.8. The molecule has 5 nitrogen and oxygen atoms in total. The lowest BCUT2D eigenvalue weighted by Crippen LogP contribution is -2.47. The number of carbonyl (C=O) groups is 1. The van der Waals surface area contributed by atoms with Gasteiger partial charge in [-0.2, -0.15) is 0 Å². The summed E-state index contributed by atoms with van der Waals surface area (Å²) < 4.78 is 5.30. The molecule has 1 amide bonds. The van der Waals surface area contributed by atoms with Crippen LogP contribution in [0.1, 0.15) is 31.4 Å². The monoisotopic (exact) mass is 291 g/mol. The molecule has 1 aliphatic rings. The first-order valence-electron chi connectivity index (χ1n) is 7.46. The number of nitrogens with two attached hydrogens (primary N) is 2. The maximum absolute atomic E-state index is 11.5. The Balaban J connectivity index is 2.23. The van der Waals surface area contributed by atoms with Crippen molar-refractivity contribution in [1.29, 1.82) is 0 Å². The van der Waals surface area contributed by atoms with Crippen LogP contribution >= 0.6 is 0 Å². The third-order valence-electron chi connectivity index (χ3n) is 4.18. The Morgan fingerprint density at radius 2 is 2.24 bits per heavy atom. The normalized spacial score (nSPS) is 22.5. The molecule has 0 radical (unpaired) electrons. The van der Waals surface area contributed by atoms with Gasteiger partial charge in [0.15, 0.2) is 0 Å². The van der Waals surface area contributed by atoms with E-state index < -0.39 is 0 Å². The zero-order valence-corrected chi connectivity index (χ0v) is 12.8. The fourth-order valence-corrected chi connectivity index (χ4v) is 3.16. The number of carbonyl (C=O) groups excluding carboxylic acids is 1. The van der Waals surface area contributed by atoms with Crippen LogP contribution < -0.4 is 16.2 Å². The van der Waals surface area contributed by atoms with E-state index in [9.17, 15) is 4.79 Å². The van der Waals surface area contributed by atoms with E-state index in [1.54, 1.807) is 7.11 Å². The van der Waals surface area contributed by atoms with Gasteiger partial charge in [0.25, 0.3) is 0 Å². The smallest absolute Gasteiger partial charge is 0.221 e. The second kappa shape index (κ2) is 6.91. The number of amides is 1. The van der Waals surface area contributed by atoms with Crippen molar-refractivity contribution in [2.24, 2.45) is 17.4 Å². The highest BCUT2D eigenvalue weighted by Gasteiger charge is 2.31. The van der Waals surface area contributed by atoms with Crippen molar-refractivity contribution in [2.45, 2.75) is 31.8 Å². The first-order valence-corrected chi connectivity index (χ1v) is 7.46. The molecule has 0 aliphatic carbocycles. The molecule has 21 heavy (non-hydrogen) atoms. The maximum Gasteiger partial charge on any atom is 0.221 e. The highest BCUT2D eigenvalue weighted by atomic mass is 16.5. The van der Waals surface area contributed by atoms with Crippen molar-refractivity contribution in [2.75, 3.05) is 20.2 Å². The van der Waals surface area contributed by atoms with Crippen LogP contribution in [0.3, 0.4) is 0 Å². The second-order valence-corrected chi connectivity index (χ2v) is 5.82. The minimum atomic E-state index is -0.214. The molecule has 1 saturated heterocycles. The number of methoxy groups -OCH3 is 1. The predicted octanol–water partition coefficient (Wildman–Crippen LogP) is 1.28. The number of benzene rings is 1. The van der Waals surface area contributed by atoms with Crippen molar-refractivity contribution in [3.05, 3.63) is 29.8 Å². The van der Waals surface area contributed by atoms with Crippen molar-refractivity contribution in [1.82, 2.24) is 4.90 Å².